The summed E-state index contributed by atoms with van der Waals surface area (Å²) in [5, 5.41) is 2.87. The first-order valence-corrected chi connectivity index (χ1v) is 8.48. The van der Waals surface area contributed by atoms with E-state index in [1.807, 2.05) is 36.4 Å². The fourth-order valence-electron chi connectivity index (χ4n) is 2.31. The number of esters is 1. The molecule has 0 spiro atoms. The van der Waals surface area contributed by atoms with E-state index >= 15 is 0 Å². The molecule has 0 heterocycles. The Morgan fingerprint density at radius 1 is 1.04 bits per heavy atom. The Morgan fingerprint density at radius 3 is 2.35 bits per heavy atom. The Bertz CT molecular complexity index is 749. The molecule has 0 unspecified atom stereocenters. The Balaban J connectivity index is 1.82. The number of benzene rings is 2. The predicted molar refractivity (Wildman–Crippen MR) is 102 cm³/mol. The van der Waals surface area contributed by atoms with Gasteiger partial charge in [-0.3, -0.25) is 4.79 Å². The summed E-state index contributed by atoms with van der Waals surface area (Å²) in [7, 11) is 1.63. The van der Waals surface area contributed by atoms with E-state index in [4.69, 9.17) is 9.47 Å². The minimum atomic E-state index is -0.372. The van der Waals surface area contributed by atoms with Gasteiger partial charge in [-0.1, -0.05) is 24.3 Å². The Kier molecular flexibility index (Phi) is 7.43. The van der Waals surface area contributed by atoms with Crippen molar-refractivity contribution in [1.29, 1.82) is 0 Å². The van der Waals surface area contributed by atoms with Crippen molar-refractivity contribution in [3.63, 3.8) is 0 Å². The number of carbonyl (C=O) groups is 2. The zero-order valence-electron chi connectivity index (χ0n) is 15.0. The Hall–Kier alpha value is -3.08. The minimum absolute atomic E-state index is 0.0457. The molecule has 0 fully saturated rings. The lowest BCUT2D eigenvalue weighted by molar-refractivity contribution is -0.137. The van der Waals surface area contributed by atoms with Crippen molar-refractivity contribution in [2.75, 3.05) is 19.0 Å². The van der Waals surface area contributed by atoms with E-state index in [1.165, 1.54) is 6.08 Å². The molecular weight excluding hydrogens is 330 g/mol. The minimum Gasteiger partial charge on any atom is -0.497 e. The molecule has 5 nitrogen and oxygen atoms in total. The van der Waals surface area contributed by atoms with Crippen molar-refractivity contribution >= 4 is 23.6 Å². The third kappa shape index (κ3) is 6.43. The molecule has 0 aromatic heterocycles. The number of nitrogens with one attached hydrogen (secondary N) is 1. The summed E-state index contributed by atoms with van der Waals surface area (Å²) in [6, 6.07) is 14.9. The number of rotatable bonds is 8. The van der Waals surface area contributed by atoms with Gasteiger partial charge in [-0.05, 0) is 54.8 Å². The molecule has 0 bridgehead atoms. The van der Waals surface area contributed by atoms with Gasteiger partial charge in [0, 0.05) is 18.2 Å². The number of hydrogen-bond acceptors (Lipinski definition) is 4. The molecule has 2 aromatic rings. The molecule has 0 saturated heterocycles. The second-order valence-corrected chi connectivity index (χ2v) is 5.60. The van der Waals surface area contributed by atoms with Crippen molar-refractivity contribution in [2.45, 2.75) is 19.8 Å². The first kappa shape index (κ1) is 19.2. The van der Waals surface area contributed by atoms with Gasteiger partial charge < -0.3 is 14.8 Å². The largest absolute Gasteiger partial charge is 0.497 e. The number of anilines is 1. The van der Waals surface area contributed by atoms with E-state index in [9.17, 15) is 9.59 Å². The summed E-state index contributed by atoms with van der Waals surface area (Å²) in [6.45, 7) is 2.11. The van der Waals surface area contributed by atoms with Crippen LogP contribution in [0.25, 0.3) is 6.08 Å². The molecule has 2 rings (SSSR count). The van der Waals surface area contributed by atoms with Gasteiger partial charge in [0.05, 0.1) is 13.7 Å². The van der Waals surface area contributed by atoms with Gasteiger partial charge in [-0.25, -0.2) is 4.79 Å². The zero-order valence-corrected chi connectivity index (χ0v) is 15.0. The highest BCUT2D eigenvalue weighted by Gasteiger charge is 2.04. The number of aryl methyl sites for hydroxylation is 1. The van der Waals surface area contributed by atoms with Gasteiger partial charge in [0.15, 0.2) is 0 Å². The molecule has 2 aromatic carbocycles. The lowest BCUT2D eigenvalue weighted by Crippen LogP contribution is -2.12. The zero-order chi connectivity index (χ0) is 18.8. The summed E-state index contributed by atoms with van der Waals surface area (Å²) in [6.07, 6.45) is 4.12. The van der Waals surface area contributed by atoms with Crippen molar-refractivity contribution in [3.05, 3.63) is 65.7 Å². The third-order valence-electron chi connectivity index (χ3n) is 3.69. The van der Waals surface area contributed by atoms with Crippen LogP contribution in [0.2, 0.25) is 0 Å². The highest BCUT2D eigenvalue weighted by molar-refractivity contribution is 5.91. The van der Waals surface area contributed by atoms with Crippen LogP contribution in [-0.2, 0) is 20.7 Å². The molecule has 136 valence electrons. The standard InChI is InChI=1S/C21H23NO4/c1-3-26-21(24)15-9-16-4-10-18(11-5-16)22-20(23)14-8-17-6-12-19(25-2)13-7-17/h4-7,9-13,15H,3,8,14H2,1-2H3,(H,22,23)/b15-9+. The van der Waals surface area contributed by atoms with E-state index in [0.717, 1.165) is 22.6 Å². The van der Waals surface area contributed by atoms with Gasteiger partial charge >= 0.3 is 5.97 Å². The number of carbonyl (C=O) groups excluding carboxylic acids is 2. The summed E-state index contributed by atoms with van der Waals surface area (Å²) in [4.78, 5) is 23.4. The summed E-state index contributed by atoms with van der Waals surface area (Å²) in [5.74, 6) is 0.384. The third-order valence-corrected chi connectivity index (χ3v) is 3.69. The Morgan fingerprint density at radius 2 is 1.73 bits per heavy atom. The maximum absolute atomic E-state index is 12.1. The molecule has 1 N–H and O–H groups in total. The molecule has 0 aliphatic carbocycles. The maximum atomic E-state index is 12.1. The highest BCUT2D eigenvalue weighted by atomic mass is 16.5. The average molecular weight is 353 g/mol. The molecule has 0 radical (unpaired) electrons. The maximum Gasteiger partial charge on any atom is 0.330 e. The molecule has 26 heavy (non-hydrogen) atoms. The molecule has 5 heteroatoms. The number of amides is 1. The average Bonchev–Trinajstić information content (AvgIpc) is 2.66. The van der Waals surface area contributed by atoms with Crippen molar-refractivity contribution in [3.8, 4) is 5.75 Å². The summed E-state index contributed by atoms with van der Waals surface area (Å²) in [5.41, 5.74) is 2.66. The van der Waals surface area contributed by atoms with Crippen LogP contribution in [0.15, 0.2) is 54.6 Å². The van der Waals surface area contributed by atoms with Crippen LogP contribution >= 0.6 is 0 Å². The van der Waals surface area contributed by atoms with Gasteiger partial charge in [0.25, 0.3) is 0 Å². The molecule has 0 atom stereocenters. The monoisotopic (exact) mass is 353 g/mol. The van der Waals surface area contributed by atoms with E-state index in [0.29, 0.717) is 19.4 Å². The van der Waals surface area contributed by atoms with Crippen LogP contribution in [0.5, 0.6) is 5.75 Å². The van der Waals surface area contributed by atoms with Crippen LogP contribution in [0.1, 0.15) is 24.5 Å². The molecular formula is C21H23NO4. The molecule has 0 aliphatic rings. The fraction of sp³-hybridized carbons (Fsp3) is 0.238. The SMILES string of the molecule is CCOC(=O)/C=C/c1ccc(NC(=O)CCc2ccc(OC)cc2)cc1. The van der Waals surface area contributed by atoms with E-state index < -0.39 is 0 Å². The van der Waals surface area contributed by atoms with Crippen molar-refractivity contribution < 1.29 is 19.1 Å². The van der Waals surface area contributed by atoms with E-state index in [-0.39, 0.29) is 11.9 Å². The van der Waals surface area contributed by atoms with Gasteiger partial charge in [0.1, 0.15) is 5.75 Å². The summed E-state index contributed by atoms with van der Waals surface area (Å²) < 4.78 is 9.94. The van der Waals surface area contributed by atoms with Crippen molar-refractivity contribution in [2.24, 2.45) is 0 Å². The molecule has 0 aliphatic heterocycles. The Labute approximate surface area is 153 Å². The predicted octanol–water partition coefficient (Wildman–Crippen LogP) is 3.84. The summed E-state index contributed by atoms with van der Waals surface area (Å²) >= 11 is 0. The fourth-order valence-corrected chi connectivity index (χ4v) is 2.31. The van der Waals surface area contributed by atoms with Gasteiger partial charge in [-0.15, -0.1) is 0 Å². The number of hydrogen-bond donors (Lipinski definition) is 1. The normalized spacial score (nSPS) is 10.5. The first-order chi connectivity index (χ1) is 12.6. The van der Waals surface area contributed by atoms with Gasteiger partial charge in [0.2, 0.25) is 5.91 Å². The van der Waals surface area contributed by atoms with E-state index in [1.54, 1.807) is 32.2 Å². The lowest BCUT2D eigenvalue weighted by atomic mass is 10.1. The van der Waals surface area contributed by atoms with Crippen LogP contribution in [0, 0.1) is 0 Å². The van der Waals surface area contributed by atoms with Crippen LogP contribution in [0.3, 0.4) is 0 Å². The van der Waals surface area contributed by atoms with E-state index in [2.05, 4.69) is 5.32 Å². The molecule has 0 saturated carbocycles. The topological polar surface area (TPSA) is 64.6 Å². The second-order valence-electron chi connectivity index (χ2n) is 5.60. The van der Waals surface area contributed by atoms with Crippen LogP contribution in [-0.4, -0.2) is 25.6 Å². The first-order valence-electron chi connectivity index (χ1n) is 8.48. The highest BCUT2D eigenvalue weighted by Crippen LogP contribution is 2.14. The number of methoxy groups -OCH3 is 1. The van der Waals surface area contributed by atoms with Gasteiger partial charge in [-0.2, -0.15) is 0 Å². The second kappa shape index (κ2) is 10.0. The number of ether oxygens (including phenoxy) is 2. The smallest absolute Gasteiger partial charge is 0.330 e. The van der Waals surface area contributed by atoms with Crippen LogP contribution in [0.4, 0.5) is 5.69 Å². The van der Waals surface area contributed by atoms with Crippen LogP contribution < -0.4 is 10.1 Å². The van der Waals surface area contributed by atoms with Crippen molar-refractivity contribution in [1.82, 2.24) is 0 Å². The lowest BCUT2D eigenvalue weighted by Gasteiger charge is -2.06. The quantitative estimate of drug-likeness (QED) is 0.578. The molecule has 1 amide bonds.